The molecular weight excluding hydrogens is 164 g/mol. The van der Waals surface area contributed by atoms with Gasteiger partial charge in [-0.1, -0.05) is 29.7 Å². The predicted octanol–water partition coefficient (Wildman–Crippen LogP) is 1.05. The van der Waals surface area contributed by atoms with E-state index in [1.165, 1.54) is 12.1 Å². The fourth-order valence-corrected chi connectivity index (χ4v) is 0.937. The van der Waals surface area contributed by atoms with Crippen molar-refractivity contribution in [2.75, 3.05) is 0 Å². The van der Waals surface area contributed by atoms with E-state index < -0.39 is 12.6 Å². The lowest BCUT2D eigenvalue weighted by atomic mass is 9.95. The van der Waals surface area contributed by atoms with Crippen LogP contribution in [0.4, 0.5) is 13.2 Å². The molecule has 1 aromatic carbocycles. The molecule has 0 aliphatic rings. The van der Waals surface area contributed by atoms with E-state index in [2.05, 4.69) is 0 Å². The lowest BCUT2D eigenvalue weighted by molar-refractivity contribution is -0.127. The molecule has 0 aliphatic heterocycles. The lowest BCUT2D eigenvalue weighted by Crippen LogP contribution is -2.12. The summed E-state index contributed by atoms with van der Waals surface area (Å²) in [5.41, 5.74) is 1.29. The van der Waals surface area contributed by atoms with Gasteiger partial charge in [0.05, 0.1) is 6.42 Å². The highest BCUT2D eigenvalue weighted by Gasteiger charge is 2.27. The van der Waals surface area contributed by atoms with E-state index in [0.29, 0.717) is 5.56 Å². The van der Waals surface area contributed by atoms with Crippen molar-refractivity contribution in [2.45, 2.75) is 12.6 Å². The number of hydrogen-bond donors (Lipinski definition) is 0. The standard InChI is InChI=1S/C8H8BF3/c9-7-3-1-6(2-4-7)5-8(10,11)12/h1-4H,5,9H2. The molecule has 0 bridgehead atoms. The molecule has 0 radical (unpaired) electrons. The van der Waals surface area contributed by atoms with Crippen LogP contribution in [0.2, 0.25) is 0 Å². The maximum atomic E-state index is 11.8. The van der Waals surface area contributed by atoms with E-state index in [1.54, 1.807) is 12.1 Å². The van der Waals surface area contributed by atoms with Crippen LogP contribution in [0.15, 0.2) is 24.3 Å². The molecule has 0 spiro atoms. The maximum Gasteiger partial charge on any atom is 0.393 e. The zero-order chi connectivity index (χ0) is 9.19. The minimum absolute atomic E-state index is 0.313. The maximum absolute atomic E-state index is 11.8. The van der Waals surface area contributed by atoms with Gasteiger partial charge in [-0.15, -0.1) is 0 Å². The van der Waals surface area contributed by atoms with Gasteiger partial charge in [0, 0.05) is 0 Å². The highest BCUT2D eigenvalue weighted by atomic mass is 19.4. The van der Waals surface area contributed by atoms with Gasteiger partial charge < -0.3 is 0 Å². The Morgan fingerprint density at radius 1 is 1.08 bits per heavy atom. The summed E-state index contributed by atoms with van der Waals surface area (Å²) in [6, 6.07) is 6.37. The zero-order valence-corrected chi connectivity index (χ0v) is 6.65. The van der Waals surface area contributed by atoms with E-state index in [-0.39, 0.29) is 0 Å². The predicted molar refractivity (Wildman–Crippen MR) is 44.4 cm³/mol. The molecular formula is C8H8BF3. The van der Waals surface area contributed by atoms with Gasteiger partial charge in [-0.25, -0.2) is 0 Å². The summed E-state index contributed by atoms with van der Waals surface area (Å²) in [6.07, 6.45) is -4.94. The summed E-state index contributed by atoms with van der Waals surface area (Å²) in [4.78, 5) is 0. The average molecular weight is 172 g/mol. The summed E-state index contributed by atoms with van der Waals surface area (Å²) >= 11 is 0. The largest absolute Gasteiger partial charge is 0.393 e. The molecule has 64 valence electrons. The van der Waals surface area contributed by atoms with Crippen LogP contribution < -0.4 is 5.46 Å². The molecule has 1 aromatic rings. The summed E-state index contributed by atoms with van der Waals surface area (Å²) in [7, 11) is 1.84. The van der Waals surface area contributed by atoms with E-state index in [1.807, 2.05) is 7.85 Å². The zero-order valence-electron chi connectivity index (χ0n) is 6.65. The van der Waals surface area contributed by atoms with Gasteiger partial charge in [0.2, 0.25) is 0 Å². The van der Waals surface area contributed by atoms with Crippen molar-refractivity contribution in [3.05, 3.63) is 29.8 Å². The molecule has 1 rings (SSSR count). The first-order valence-electron chi connectivity index (χ1n) is 3.60. The summed E-state index contributed by atoms with van der Waals surface area (Å²) in [5.74, 6) is 0. The van der Waals surface area contributed by atoms with Crippen molar-refractivity contribution in [2.24, 2.45) is 0 Å². The first kappa shape index (κ1) is 9.17. The first-order valence-corrected chi connectivity index (χ1v) is 3.60. The minimum Gasteiger partial charge on any atom is -0.171 e. The summed E-state index contributed by atoms with van der Waals surface area (Å²) in [6.45, 7) is 0. The Bertz CT molecular complexity index is 250. The second kappa shape index (κ2) is 3.21. The fraction of sp³-hybridized carbons (Fsp3) is 0.250. The average Bonchev–Trinajstić information content (AvgIpc) is 1.91. The third-order valence-electron chi connectivity index (χ3n) is 1.53. The number of hydrogen-bond acceptors (Lipinski definition) is 0. The topological polar surface area (TPSA) is 0 Å². The van der Waals surface area contributed by atoms with Crippen molar-refractivity contribution in [1.29, 1.82) is 0 Å². The molecule has 0 nitrogen and oxygen atoms in total. The van der Waals surface area contributed by atoms with Crippen LogP contribution in [0.1, 0.15) is 5.56 Å². The number of alkyl halides is 3. The summed E-state index contributed by atoms with van der Waals surface area (Å²) in [5, 5.41) is 0. The molecule has 0 saturated heterocycles. The highest BCUT2D eigenvalue weighted by molar-refractivity contribution is 6.32. The van der Waals surface area contributed by atoms with Crippen molar-refractivity contribution >= 4 is 13.3 Å². The molecule has 4 heteroatoms. The van der Waals surface area contributed by atoms with Crippen molar-refractivity contribution < 1.29 is 13.2 Å². The van der Waals surface area contributed by atoms with Gasteiger partial charge in [0.15, 0.2) is 0 Å². The highest BCUT2D eigenvalue weighted by Crippen LogP contribution is 2.20. The Labute approximate surface area is 69.8 Å². The number of benzene rings is 1. The van der Waals surface area contributed by atoms with Gasteiger partial charge in [0.1, 0.15) is 7.85 Å². The smallest absolute Gasteiger partial charge is 0.171 e. The minimum atomic E-state index is -4.10. The normalized spacial score (nSPS) is 11.6. The monoisotopic (exact) mass is 172 g/mol. The van der Waals surface area contributed by atoms with Crippen LogP contribution in [0.5, 0.6) is 0 Å². The van der Waals surface area contributed by atoms with Gasteiger partial charge in [-0.05, 0) is 5.56 Å². The van der Waals surface area contributed by atoms with Gasteiger partial charge in [0.25, 0.3) is 0 Å². The van der Waals surface area contributed by atoms with Crippen LogP contribution in [0.25, 0.3) is 0 Å². The Kier molecular flexibility index (Phi) is 2.45. The quantitative estimate of drug-likeness (QED) is 0.555. The van der Waals surface area contributed by atoms with Crippen molar-refractivity contribution in [3.63, 3.8) is 0 Å². The molecule has 0 aromatic heterocycles. The van der Waals surface area contributed by atoms with Crippen LogP contribution in [-0.4, -0.2) is 14.0 Å². The van der Waals surface area contributed by atoms with Crippen molar-refractivity contribution in [1.82, 2.24) is 0 Å². The third-order valence-corrected chi connectivity index (χ3v) is 1.53. The molecule has 0 unspecified atom stereocenters. The van der Waals surface area contributed by atoms with Gasteiger partial charge in [-0.2, -0.15) is 13.2 Å². The van der Waals surface area contributed by atoms with E-state index >= 15 is 0 Å². The lowest BCUT2D eigenvalue weighted by Gasteiger charge is -2.05. The number of rotatable bonds is 1. The van der Waals surface area contributed by atoms with Crippen LogP contribution >= 0.6 is 0 Å². The molecule has 0 atom stereocenters. The second-order valence-corrected chi connectivity index (χ2v) is 2.78. The molecule has 0 amide bonds. The third kappa shape index (κ3) is 2.99. The van der Waals surface area contributed by atoms with Crippen LogP contribution in [-0.2, 0) is 6.42 Å². The first-order chi connectivity index (χ1) is 5.47. The van der Waals surface area contributed by atoms with Crippen LogP contribution in [0, 0.1) is 0 Å². The van der Waals surface area contributed by atoms with Gasteiger partial charge in [-0.3, -0.25) is 0 Å². The molecule has 0 heterocycles. The van der Waals surface area contributed by atoms with E-state index in [0.717, 1.165) is 5.46 Å². The Balaban J connectivity index is 2.71. The molecule has 0 saturated carbocycles. The van der Waals surface area contributed by atoms with Crippen molar-refractivity contribution in [3.8, 4) is 0 Å². The second-order valence-electron chi connectivity index (χ2n) is 2.78. The molecule has 0 fully saturated rings. The van der Waals surface area contributed by atoms with Crippen LogP contribution in [0.3, 0.4) is 0 Å². The molecule has 0 aliphatic carbocycles. The Morgan fingerprint density at radius 2 is 1.58 bits per heavy atom. The molecule has 0 N–H and O–H groups in total. The molecule has 12 heavy (non-hydrogen) atoms. The SMILES string of the molecule is Bc1ccc(CC(F)(F)F)cc1. The summed E-state index contributed by atoms with van der Waals surface area (Å²) < 4.78 is 35.5. The fourth-order valence-electron chi connectivity index (χ4n) is 0.937. The number of halogens is 3. The Hall–Kier alpha value is -0.925. The van der Waals surface area contributed by atoms with E-state index in [4.69, 9.17) is 0 Å². The Morgan fingerprint density at radius 3 is 2.00 bits per heavy atom. The van der Waals surface area contributed by atoms with E-state index in [9.17, 15) is 13.2 Å². The van der Waals surface area contributed by atoms with Gasteiger partial charge >= 0.3 is 6.18 Å².